The Hall–Kier alpha value is -1.85. The van der Waals surface area contributed by atoms with E-state index in [9.17, 15) is 4.79 Å². The molecule has 1 heterocycles. The molecule has 20 heavy (non-hydrogen) atoms. The molecule has 5 heteroatoms. The van der Waals surface area contributed by atoms with Gasteiger partial charge in [-0.3, -0.25) is 10.1 Å². The lowest BCUT2D eigenvalue weighted by Gasteiger charge is -2.11. The van der Waals surface area contributed by atoms with E-state index in [0.717, 1.165) is 16.7 Å². The summed E-state index contributed by atoms with van der Waals surface area (Å²) >= 11 is 0. The first-order chi connectivity index (χ1) is 9.70. The normalized spacial score (nSPS) is 12.5. The van der Waals surface area contributed by atoms with Gasteiger partial charge in [-0.15, -0.1) is 0 Å². The maximum absolute atomic E-state index is 11.6. The maximum Gasteiger partial charge on any atom is 0.234 e. The van der Waals surface area contributed by atoms with Crippen LogP contribution in [0.25, 0.3) is 11.0 Å². The first-order valence-electron chi connectivity index (χ1n) is 6.68. The van der Waals surface area contributed by atoms with Crippen LogP contribution in [-0.4, -0.2) is 32.7 Å². The number of para-hydroxylation sites is 1. The third kappa shape index (κ3) is 3.82. The number of fused-ring (bicyclic) bond motifs is 1. The highest BCUT2D eigenvalue weighted by atomic mass is 16.5. The van der Waals surface area contributed by atoms with Crippen LogP contribution in [-0.2, 0) is 9.53 Å². The van der Waals surface area contributed by atoms with Crippen LogP contribution in [0.1, 0.15) is 18.7 Å². The lowest BCUT2D eigenvalue weighted by Crippen LogP contribution is -2.36. The van der Waals surface area contributed by atoms with Gasteiger partial charge in [-0.25, -0.2) is 0 Å². The van der Waals surface area contributed by atoms with Crippen molar-refractivity contribution in [1.29, 1.82) is 0 Å². The summed E-state index contributed by atoms with van der Waals surface area (Å²) in [6, 6.07) is 9.83. The zero-order chi connectivity index (χ0) is 14.4. The predicted octanol–water partition coefficient (Wildman–Crippen LogP) is 1.85. The number of methoxy groups -OCH3 is 1. The molecule has 0 spiro atoms. The van der Waals surface area contributed by atoms with Crippen LogP contribution in [0, 0.1) is 0 Å². The first-order valence-corrected chi connectivity index (χ1v) is 6.68. The van der Waals surface area contributed by atoms with Crippen molar-refractivity contribution in [2.75, 3.05) is 26.8 Å². The van der Waals surface area contributed by atoms with Gasteiger partial charge in [-0.05, 0) is 19.1 Å². The third-order valence-corrected chi connectivity index (χ3v) is 3.07. The molecule has 108 valence electrons. The molecular formula is C15H20N2O3. The van der Waals surface area contributed by atoms with Crippen LogP contribution >= 0.6 is 0 Å². The third-order valence-electron chi connectivity index (χ3n) is 3.07. The van der Waals surface area contributed by atoms with Gasteiger partial charge in [0.25, 0.3) is 0 Å². The zero-order valence-electron chi connectivity index (χ0n) is 11.8. The number of carbonyl (C=O) groups is 1. The van der Waals surface area contributed by atoms with Crippen LogP contribution in [0.5, 0.6) is 0 Å². The average molecular weight is 276 g/mol. The molecule has 2 N–H and O–H groups in total. The highest BCUT2D eigenvalue weighted by Crippen LogP contribution is 2.23. The van der Waals surface area contributed by atoms with Crippen LogP contribution in [0.3, 0.4) is 0 Å². The van der Waals surface area contributed by atoms with Crippen molar-refractivity contribution in [3.8, 4) is 0 Å². The van der Waals surface area contributed by atoms with Gasteiger partial charge >= 0.3 is 0 Å². The van der Waals surface area contributed by atoms with E-state index in [0.29, 0.717) is 13.2 Å². The summed E-state index contributed by atoms with van der Waals surface area (Å²) in [6.45, 7) is 3.27. The number of furan rings is 1. The molecule has 1 aromatic carbocycles. The van der Waals surface area contributed by atoms with Crippen LogP contribution in [0.2, 0.25) is 0 Å². The van der Waals surface area contributed by atoms with Gasteiger partial charge in [-0.1, -0.05) is 18.2 Å². The SMILES string of the molecule is COCCNC(=O)CNC(C)c1cc2ccccc2o1. The molecule has 1 aromatic heterocycles. The summed E-state index contributed by atoms with van der Waals surface area (Å²) in [6.07, 6.45) is 0. The molecule has 0 aliphatic rings. The largest absolute Gasteiger partial charge is 0.459 e. The molecule has 0 aliphatic heterocycles. The van der Waals surface area contributed by atoms with Crippen LogP contribution in [0.15, 0.2) is 34.7 Å². The number of amides is 1. The van der Waals surface area contributed by atoms with E-state index in [-0.39, 0.29) is 18.5 Å². The van der Waals surface area contributed by atoms with Crippen molar-refractivity contribution < 1.29 is 13.9 Å². The van der Waals surface area contributed by atoms with Crippen molar-refractivity contribution in [1.82, 2.24) is 10.6 Å². The molecule has 0 saturated carbocycles. The Morgan fingerprint density at radius 2 is 2.20 bits per heavy atom. The van der Waals surface area contributed by atoms with Gasteiger partial charge in [0, 0.05) is 19.0 Å². The van der Waals surface area contributed by atoms with Gasteiger partial charge in [0.15, 0.2) is 0 Å². The van der Waals surface area contributed by atoms with Crippen molar-refractivity contribution in [3.63, 3.8) is 0 Å². The first kappa shape index (κ1) is 14.6. The molecule has 1 unspecified atom stereocenters. The predicted molar refractivity (Wildman–Crippen MR) is 77.5 cm³/mol. The summed E-state index contributed by atoms with van der Waals surface area (Å²) in [4.78, 5) is 11.6. The number of hydrogen-bond donors (Lipinski definition) is 2. The molecule has 2 rings (SSSR count). The van der Waals surface area contributed by atoms with Crippen molar-refractivity contribution in [2.45, 2.75) is 13.0 Å². The van der Waals surface area contributed by atoms with E-state index < -0.39 is 0 Å². The van der Waals surface area contributed by atoms with Crippen LogP contribution in [0.4, 0.5) is 0 Å². The fourth-order valence-corrected chi connectivity index (χ4v) is 1.92. The van der Waals surface area contributed by atoms with Gasteiger partial charge in [-0.2, -0.15) is 0 Å². The molecular weight excluding hydrogens is 256 g/mol. The Labute approximate surface area is 118 Å². The number of benzene rings is 1. The Balaban J connectivity index is 1.85. The monoisotopic (exact) mass is 276 g/mol. The maximum atomic E-state index is 11.6. The topological polar surface area (TPSA) is 63.5 Å². The van der Waals surface area contributed by atoms with E-state index in [4.69, 9.17) is 9.15 Å². The van der Waals surface area contributed by atoms with Gasteiger partial charge in [0.1, 0.15) is 11.3 Å². The molecule has 0 radical (unpaired) electrons. The Morgan fingerprint density at radius 3 is 2.95 bits per heavy atom. The van der Waals surface area contributed by atoms with E-state index >= 15 is 0 Å². The lowest BCUT2D eigenvalue weighted by molar-refractivity contribution is -0.120. The quantitative estimate of drug-likeness (QED) is 0.758. The minimum Gasteiger partial charge on any atom is -0.459 e. The molecule has 5 nitrogen and oxygen atoms in total. The molecule has 0 aliphatic carbocycles. The molecule has 0 fully saturated rings. The molecule has 1 amide bonds. The van der Waals surface area contributed by atoms with Crippen molar-refractivity contribution in [3.05, 3.63) is 36.1 Å². The number of nitrogens with one attached hydrogen (secondary N) is 2. The Kier molecular flexibility index (Phi) is 5.15. The van der Waals surface area contributed by atoms with Gasteiger partial charge in [0.2, 0.25) is 5.91 Å². The highest BCUT2D eigenvalue weighted by Gasteiger charge is 2.12. The summed E-state index contributed by atoms with van der Waals surface area (Å²) in [5.74, 6) is 0.779. The summed E-state index contributed by atoms with van der Waals surface area (Å²) in [7, 11) is 1.61. The fourth-order valence-electron chi connectivity index (χ4n) is 1.92. The van der Waals surface area contributed by atoms with Crippen molar-refractivity contribution >= 4 is 16.9 Å². The molecule has 2 aromatic rings. The number of rotatable bonds is 7. The minimum absolute atomic E-state index is 0.0180. The summed E-state index contributed by atoms with van der Waals surface area (Å²) < 4.78 is 10.6. The second-order valence-electron chi connectivity index (χ2n) is 4.63. The lowest BCUT2D eigenvalue weighted by atomic mass is 10.2. The van der Waals surface area contributed by atoms with E-state index in [1.165, 1.54) is 0 Å². The van der Waals surface area contributed by atoms with E-state index in [2.05, 4.69) is 10.6 Å². The average Bonchev–Trinajstić information content (AvgIpc) is 2.89. The smallest absolute Gasteiger partial charge is 0.234 e. The zero-order valence-corrected chi connectivity index (χ0v) is 11.8. The van der Waals surface area contributed by atoms with Gasteiger partial charge < -0.3 is 14.5 Å². The Bertz CT molecular complexity index is 532. The molecule has 0 saturated heterocycles. The van der Waals surface area contributed by atoms with E-state index in [1.807, 2.05) is 37.3 Å². The molecule has 0 bridgehead atoms. The second kappa shape index (κ2) is 7.07. The number of ether oxygens (including phenoxy) is 1. The number of carbonyl (C=O) groups excluding carboxylic acids is 1. The fraction of sp³-hybridized carbons (Fsp3) is 0.400. The highest BCUT2D eigenvalue weighted by molar-refractivity contribution is 5.78. The number of hydrogen-bond acceptors (Lipinski definition) is 4. The summed E-state index contributed by atoms with van der Waals surface area (Å²) in [5.41, 5.74) is 0.862. The van der Waals surface area contributed by atoms with Crippen LogP contribution < -0.4 is 10.6 Å². The van der Waals surface area contributed by atoms with E-state index in [1.54, 1.807) is 7.11 Å². The molecule has 1 atom stereocenters. The Morgan fingerprint density at radius 1 is 1.40 bits per heavy atom. The van der Waals surface area contributed by atoms with Crippen molar-refractivity contribution in [2.24, 2.45) is 0 Å². The standard InChI is InChI=1S/C15H20N2O3/c1-11(17-10-15(18)16-7-8-19-2)14-9-12-5-3-4-6-13(12)20-14/h3-6,9,11,17H,7-8,10H2,1-2H3,(H,16,18). The summed E-state index contributed by atoms with van der Waals surface area (Å²) in [5, 5.41) is 6.97. The minimum atomic E-state index is -0.0509. The second-order valence-corrected chi connectivity index (χ2v) is 4.63. The van der Waals surface area contributed by atoms with Gasteiger partial charge in [0.05, 0.1) is 19.2 Å².